The van der Waals surface area contributed by atoms with Gasteiger partial charge in [0.15, 0.2) is 0 Å². The predicted molar refractivity (Wildman–Crippen MR) is 62.3 cm³/mol. The molecule has 0 saturated carbocycles. The van der Waals surface area contributed by atoms with Gasteiger partial charge in [-0.3, -0.25) is 0 Å². The Morgan fingerprint density at radius 3 is 2.06 bits per heavy atom. The van der Waals surface area contributed by atoms with E-state index in [1.807, 2.05) is 6.92 Å². The first-order chi connectivity index (χ1) is 8.63. The van der Waals surface area contributed by atoms with Gasteiger partial charge in [-0.05, 0) is 13.8 Å². The number of carboxylic acids is 1. The van der Waals surface area contributed by atoms with Gasteiger partial charge in [-0.2, -0.15) is 0 Å². The van der Waals surface area contributed by atoms with E-state index in [1.54, 1.807) is 6.92 Å². The fourth-order valence-electron chi connectivity index (χ4n) is 1.14. The third kappa shape index (κ3) is 6.27. The van der Waals surface area contributed by atoms with Gasteiger partial charge in [-0.25, -0.2) is 4.79 Å². The quantitative estimate of drug-likeness (QED) is 0.406. The van der Waals surface area contributed by atoms with Crippen LogP contribution in [0.15, 0.2) is 0 Å². The summed E-state index contributed by atoms with van der Waals surface area (Å²) >= 11 is 0. The van der Waals surface area contributed by atoms with E-state index in [2.05, 4.69) is 0 Å². The highest BCUT2D eigenvalue weighted by Gasteiger charge is 2.43. The van der Waals surface area contributed by atoms with Crippen LogP contribution in [0.5, 0.6) is 0 Å². The summed E-state index contributed by atoms with van der Waals surface area (Å²) < 4.78 is 25.2. The van der Waals surface area contributed by atoms with E-state index in [4.69, 9.17) is 28.8 Å². The van der Waals surface area contributed by atoms with Crippen LogP contribution in [0.1, 0.15) is 13.8 Å². The van der Waals surface area contributed by atoms with Crippen LogP contribution >= 0.6 is 0 Å². The van der Waals surface area contributed by atoms with Gasteiger partial charge in [-0.15, -0.1) is 0 Å². The van der Waals surface area contributed by atoms with Crippen LogP contribution in [-0.2, 0) is 28.5 Å². The zero-order valence-electron chi connectivity index (χ0n) is 11.1. The number of rotatable bonds is 12. The summed E-state index contributed by atoms with van der Waals surface area (Å²) in [7, 11) is 1.49. The average molecular weight is 266 g/mol. The van der Waals surface area contributed by atoms with Gasteiger partial charge in [0.25, 0.3) is 0 Å². The summed E-state index contributed by atoms with van der Waals surface area (Å²) in [5.74, 6) is -3.43. The van der Waals surface area contributed by atoms with Crippen LogP contribution in [0, 0.1) is 0 Å². The smallest absolute Gasteiger partial charge is 0.395 e. The zero-order valence-corrected chi connectivity index (χ0v) is 11.1. The minimum atomic E-state index is -2.09. The minimum Gasteiger partial charge on any atom is -0.475 e. The Balaban J connectivity index is 4.38. The van der Waals surface area contributed by atoms with Crippen LogP contribution in [0.4, 0.5) is 0 Å². The molecule has 7 heteroatoms. The second-order valence-corrected chi connectivity index (χ2v) is 3.18. The molecule has 7 nitrogen and oxygen atoms in total. The first kappa shape index (κ1) is 17.3. The SMILES string of the molecule is CCOCCOC(OCC)(OCCOC)C(=O)O. The molecule has 0 saturated heterocycles. The molecule has 1 N–H and O–H groups in total. The van der Waals surface area contributed by atoms with Crippen molar-refractivity contribution in [3.05, 3.63) is 0 Å². The number of carbonyl (C=O) groups is 1. The molecule has 1 unspecified atom stereocenters. The van der Waals surface area contributed by atoms with E-state index < -0.39 is 11.9 Å². The van der Waals surface area contributed by atoms with Crippen LogP contribution in [0.3, 0.4) is 0 Å². The first-order valence-corrected chi connectivity index (χ1v) is 5.84. The van der Waals surface area contributed by atoms with Crippen molar-refractivity contribution in [2.45, 2.75) is 19.8 Å². The fourth-order valence-corrected chi connectivity index (χ4v) is 1.14. The highest BCUT2D eigenvalue weighted by molar-refractivity contribution is 5.73. The van der Waals surface area contributed by atoms with Gasteiger partial charge >= 0.3 is 11.9 Å². The highest BCUT2D eigenvalue weighted by Crippen LogP contribution is 2.16. The molecule has 0 radical (unpaired) electrons. The molecular formula is C11H22O7. The van der Waals surface area contributed by atoms with Crippen LogP contribution in [0.2, 0.25) is 0 Å². The molecule has 0 aliphatic heterocycles. The number of hydrogen-bond acceptors (Lipinski definition) is 6. The van der Waals surface area contributed by atoms with Gasteiger partial charge in [0.2, 0.25) is 0 Å². The van der Waals surface area contributed by atoms with Crippen molar-refractivity contribution in [3.8, 4) is 0 Å². The highest BCUT2D eigenvalue weighted by atomic mass is 16.9. The summed E-state index contributed by atoms with van der Waals surface area (Å²) in [6.45, 7) is 4.80. The molecule has 0 aliphatic rings. The maximum atomic E-state index is 11.2. The second kappa shape index (κ2) is 10.2. The van der Waals surface area contributed by atoms with Gasteiger partial charge in [-0.1, -0.05) is 0 Å². The molecular weight excluding hydrogens is 244 g/mol. The molecule has 0 spiro atoms. The van der Waals surface area contributed by atoms with Crippen LogP contribution < -0.4 is 0 Å². The molecule has 0 amide bonds. The number of aliphatic carboxylic acids is 1. The molecule has 0 rings (SSSR count). The van der Waals surface area contributed by atoms with Gasteiger partial charge in [0.1, 0.15) is 0 Å². The fraction of sp³-hybridized carbons (Fsp3) is 0.909. The molecule has 0 fully saturated rings. The van der Waals surface area contributed by atoms with Crippen molar-refractivity contribution in [1.29, 1.82) is 0 Å². The molecule has 0 aromatic rings. The molecule has 0 heterocycles. The average Bonchev–Trinajstić information content (AvgIpc) is 2.34. The Morgan fingerprint density at radius 1 is 1.00 bits per heavy atom. The lowest BCUT2D eigenvalue weighted by Gasteiger charge is -2.28. The number of methoxy groups -OCH3 is 1. The lowest BCUT2D eigenvalue weighted by atomic mass is 10.5. The maximum Gasteiger partial charge on any atom is 0.395 e. The van der Waals surface area contributed by atoms with E-state index in [-0.39, 0.29) is 33.0 Å². The maximum absolute atomic E-state index is 11.2. The van der Waals surface area contributed by atoms with E-state index >= 15 is 0 Å². The monoisotopic (exact) mass is 266 g/mol. The molecule has 0 bridgehead atoms. The normalized spacial score (nSPS) is 14.4. The van der Waals surface area contributed by atoms with Gasteiger partial charge < -0.3 is 28.8 Å². The number of hydrogen-bond donors (Lipinski definition) is 1. The minimum absolute atomic E-state index is 0.0530. The summed E-state index contributed by atoms with van der Waals surface area (Å²) in [6.07, 6.45) is 0. The summed E-state index contributed by atoms with van der Waals surface area (Å²) in [5, 5.41) is 9.15. The largest absolute Gasteiger partial charge is 0.475 e. The number of carboxylic acid groups (broad SMARTS) is 1. The van der Waals surface area contributed by atoms with Crippen molar-refractivity contribution in [2.24, 2.45) is 0 Å². The summed E-state index contributed by atoms with van der Waals surface area (Å²) in [6, 6.07) is 0. The molecule has 18 heavy (non-hydrogen) atoms. The van der Waals surface area contributed by atoms with Crippen LogP contribution in [-0.4, -0.2) is 63.8 Å². The van der Waals surface area contributed by atoms with Crippen molar-refractivity contribution >= 4 is 5.97 Å². The Kier molecular flexibility index (Phi) is 9.80. The third-order valence-electron chi connectivity index (χ3n) is 1.90. The second-order valence-electron chi connectivity index (χ2n) is 3.18. The standard InChI is InChI=1S/C11H22O7/c1-4-15-7-9-18-11(10(12)13,16-5-2)17-8-6-14-3/h4-9H2,1-3H3,(H,12,13). The molecule has 108 valence electrons. The predicted octanol–water partition coefficient (Wildman–Crippen LogP) is 0.477. The topological polar surface area (TPSA) is 83.5 Å². The molecule has 0 aromatic heterocycles. The first-order valence-electron chi connectivity index (χ1n) is 5.84. The Labute approximate surface area is 107 Å². The zero-order chi connectivity index (χ0) is 13.9. The van der Waals surface area contributed by atoms with E-state index in [0.717, 1.165) is 0 Å². The molecule has 0 aromatic carbocycles. The van der Waals surface area contributed by atoms with Crippen molar-refractivity contribution in [2.75, 3.05) is 46.8 Å². The Morgan fingerprint density at radius 2 is 1.61 bits per heavy atom. The van der Waals surface area contributed by atoms with E-state index in [9.17, 15) is 4.79 Å². The van der Waals surface area contributed by atoms with Gasteiger partial charge in [0.05, 0.1) is 33.0 Å². The molecule has 1 atom stereocenters. The molecule has 0 aliphatic carbocycles. The van der Waals surface area contributed by atoms with Crippen LogP contribution in [0.25, 0.3) is 0 Å². The Hall–Kier alpha value is -0.730. The van der Waals surface area contributed by atoms with Crippen molar-refractivity contribution in [3.63, 3.8) is 0 Å². The number of ether oxygens (including phenoxy) is 5. The van der Waals surface area contributed by atoms with Crippen molar-refractivity contribution in [1.82, 2.24) is 0 Å². The van der Waals surface area contributed by atoms with E-state index in [1.165, 1.54) is 7.11 Å². The summed E-state index contributed by atoms with van der Waals surface area (Å²) in [4.78, 5) is 11.2. The van der Waals surface area contributed by atoms with Gasteiger partial charge in [0, 0.05) is 13.7 Å². The third-order valence-corrected chi connectivity index (χ3v) is 1.90. The summed E-state index contributed by atoms with van der Waals surface area (Å²) in [5.41, 5.74) is 0. The lowest BCUT2D eigenvalue weighted by Crippen LogP contribution is -2.48. The van der Waals surface area contributed by atoms with E-state index in [0.29, 0.717) is 6.61 Å². The lowest BCUT2D eigenvalue weighted by molar-refractivity contribution is -0.364. The Bertz CT molecular complexity index is 221. The van der Waals surface area contributed by atoms with Crippen molar-refractivity contribution < 1.29 is 33.6 Å².